The van der Waals surface area contributed by atoms with E-state index in [2.05, 4.69) is 5.32 Å². The highest BCUT2D eigenvalue weighted by atomic mass is 35.5. The van der Waals surface area contributed by atoms with E-state index in [4.69, 9.17) is 16.3 Å². The summed E-state index contributed by atoms with van der Waals surface area (Å²) in [6.45, 7) is 3.91. The highest BCUT2D eigenvalue weighted by molar-refractivity contribution is 7.90. The second-order valence-electron chi connectivity index (χ2n) is 5.11. The summed E-state index contributed by atoms with van der Waals surface area (Å²) in [5.41, 5.74) is 0.455. The number of ether oxygens (including phenoxy) is 1. The summed E-state index contributed by atoms with van der Waals surface area (Å²) in [6, 6.07) is 4.18. The first-order valence-corrected chi connectivity index (χ1v) is 8.74. The molecule has 0 saturated heterocycles. The number of sulfone groups is 1. The highest BCUT2D eigenvalue weighted by Gasteiger charge is 2.24. The number of rotatable bonds is 6. The van der Waals surface area contributed by atoms with Crippen molar-refractivity contribution in [1.29, 1.82) is 0 Å². The molecule has 1 rings (SSSR count). The molecule has 0 aliphatic rings. The molecule has 1 atom stereocenters. The minimum atomic E-state index is -3.39. The van der Waals surface area contributed by atoms with Crippen LogP contribution in [0.25, 0.3) is 0 Å². The van der Waals surface area contributed by atoms with Crippen LogP contribution in [0, 0.1) is 5.92 Å². The molecule has 0 amide bonds. The number of carbonyl (C=O) groups is 1. The minimum absolute atomic E-state index is 0.00150. The van der Waals surface area contributed by atoms with E-state index in [1.165, 1.54) is 13.2 Å². The summed E-state index contributed by atoms with van der Waals surface area (Å²) in [7, 11) is -2.07. The van der Waals surface area contributed by atoms with Crippen LogP contribution in [0.4, 0.5) is 0 Å². The van der Waals surface area contributed by atoms with Crippen molar-refractivity contribution < 1.29 is 17.9 Å². The molecule has 0 aliphatic carbocycles. The molecule has 0 radical (unpaired) electrons. The molecule has 5 nitrogen and oxygen atoms in total. The predicted octanol–water partition coefficient (Wildman–Crippen LogP) is 2.03. The van der Waals surface area contributed by atoms with Gasteiger partial charge in [0.25, 0.3) is 0 Å². The SMILES string of the molecule is COC(=O)[C@@H](NCc1c(Cl)cccc1S(C)(=O)=O)C(C)C. The first-order chi connectivity index (χ1) is 9.68. The first-order valence-electron chi connectivity index (χ1n) is 6.47. The lowest BCUT2D eigenvalue weighted by Gasteiger charge is -2.21. The van der Waals surface area contributed by atoms with Crippen LogP contribution in [-0.4, -0.2) is 33.8 Å². The Morgan fingerprint density at radius 2 is 2.00 bits per heavy atom. The first kappa shape index (κ1) is 17.9. The molecule has 0 aromatic heterocycles. The maximum atomic E-state index is 11.8. The van der Waals surface area contributed by atoms with Gasteiger partial charge in [-0.25, -0.2) is 8.42 Å². The van der Waals surface area contributed by atoms with Crippen molar-refractivity contribution in [2.24, 2.45) is 5.92 Å². The molecule has 0 bridgehead atoms. The van der Waals surface area contributed by atoms with E-state index in [-0.39, 0.29) is 17.4 Å². The van der Waals surface area contributed by atoms with Crippen molar-refractivity contribution in [3.63, 3.8) is 0 Å². The summed E-state index contributed by atoms with van der Waals surface area (Å²) in [5, 5.41) is 3.36. The number of hydrogen-bond acceptors (Lipinski definition) is 5. The summed E-state index contributed by atoms with van der Waals surface area (Å²) in [6.07, 6.45) is 1.13. The topological polar surface area (TPSA) is 72.5 Å². The number of esters is 1. The molecule has 0 fully saturated rings. The van der Waals surface area contributed by atoms with Gasteiger partial charge in [0.15, 0.2) is 9.84 Å². The molecule has 1 aromatic carbocycles. The van der Waals surface area contributed by atoms with Crippen molar-refractivity contribution in [3.05, 3.63) is 28.8 Å². The van der Waals surface area contributed by atoms with Gasteiger partial charge in [-0.3, -0.25) is 10.1 Å². The van der Waals surface area contributed by atoms with Crippen molar-refractivity contribution in [2.75, 3.05) is 13.4 Å². The number of halogens is 1. The summed E-state index contributed by atoms with van der Waals surface area (Å²) in [5.74, 6) is -0.389. The summed E-state index contributed by atoms with van der Waals surface area (Å²) in [4.78, 5) is 11.9. The molecule has 0 spiro atoms. The lowest BCUT2D eigenvalue weighted by Crippen LogP contribution is -2.41. The van der Waals surface area contributed by atoms with Gasteiger partial charge in [0.05, 0.1) is 12.0 Å². The van der Waals surface area contributed by atoms with Crippen LogP contribution >= 0.6 is 11.6 Å². The molecule has 21 heavy (non-hydrogen) atoms. The summed E-state index contributed by atoms with van der Waals surface area (Å²) < 4.78 is 28.3. The van der Waals surface area contributed by atoms with E-state index in [1.54, 1.807) is 12.1 Å². The lowest BCUT2D eigenvalue weighted by molar-refractivity contribution is -0.144. The van der Waals surface area contributed by atoms with Crippen molar-refractivity contribution in [2.45, 2.75) is 31.3 Å². The zero-order valence-corrected chi connectivity index (χ0v) is 14.1. The molecule has 7 heteroatoms. The smallest absolute Gasteiger partial charge is 0.323 e. The van der Waals surface area contributed by atoms with Crippen molar-refractivity contribution in [3.8, 4) is 0 Å². The second-order valence-corrected chi connectivity index (χ2v) is 7.51. The Morgan fingerprint density at radius 3 is 2.48 bits per heavy atom. The number of methoxy groups -OCH3 is 1. The van der Waals surface area contributed by atoms with E-state index in [0.717, 1.165) is 6.26 Å². The van der Waals surface area contributed by atoms with Crippen LogP contribution in [0.3, 0.4) is 0 Å². The Bertz CT molecular complexity index is 613. The van der Waals surface area contributed by atoms with Gasteiger partial charge in [-0.2, -0.15) is 0 Å². The van der Waals surface area contributed by atoms with Gasteiger partial charge >= 0.3 is 5.97 Å². The Balaban J connectivity index is 3.06. The van der Waals surface area contributed by atoms with Gasteiger partial charge in [-0.1, -0.05) is 31.5 Å². The van der Waals surface area contributed by atoms with Gasteiger partial charge in [0, 0.05) is 23.4 Å². The number of nitrogens with one attached hydrogen (secondary N) is 1. The third-order valence-electron chi connectivity index (χ3n) is 3.10. The minimum Gasteiger partial charge on any atom is -0.468 e. The van der Waals surface area contributed by atoms with Crippen LogP contribution < -0.4 is 5.32 Å². The predicted molar refractivity (Wildman–Crippen MR) is 82.0 cm³/mol. The molecule has 1 aromatic rings. The molecular weight excluding hydrogens is 314 g/mol. The number of hydrogen-bond donors (Lipinski definition) is 1. The average molecular weight is 334 g/mol. The van der Waals surface area contributed by atoms with E-state index in [9.17, 15) is 13.2 Å². The Labute approximate surface area is 130 Å². The van der Waals surface area contributed by atoms with Crippen molar-refractivity contribution >= 4 is 27.4 Å². The molecule has 0 aliphatic heterocycles. The van der Waals surface area contributed by atoms with Crippen LogP contribution in [0.2, 0.25) is 5.02 Å². The number of benzene rings is 1. The van der Waals surface area contributed by atoms with E-state index in [0.29, 0.717) is 10.6 Å². The molecule has 1 N–H and O–H groups in total. The van der Waals surface area contributed by atoms with Crippen molar-refractivity contribution in [1.82, 2.24) is 5.32 Å². The van der Waals surface area contributed by atoms with Crippen LogP contribution in [0.15, 0.2) is 23.1 Å². The fraction of sp³-hybridized carbons (Fsp3) is 0.500. The van der Waals surface area contributed by atoms with Crippen LogP contribution in [-0.2, 0) is 25.9 Å². The molecule has 118 valence electrons. The monoisotopic (exact) mass is 333 g/mol. The molecular formula is C14H20ClNO4S. The quantitative estimate of drug-likeness (QED) is 0.806. The molecule has 0 heterocycles. The lowest BCUT2D eigenvalue weighted by atomic mass is 10.0. The highest BCUT2D eigenvalue weighted by Crippen LogP contribution is 2.24. The van der Waals surface area contributed by atoms with E-state index in [1.807, 2.05) is 13.8 Å². The van der Waals surface area contributed by atoms with Gasteiger partial charge in [-0.15, -0.1) is 0 Å². The van der Waals surface area contributed by atoms with Gasteiger partial charge in [0.2, 0.25) is 0 Å². The van der Waals surface area contributed by atoms with Gasteiger partial charge in [0.1, 0.15) is 6.04 Å². The zero-order valence-electron chi connectivity index (χ0n) is 12.5. The Hall–Kier alpha value is -1.11. The fourth-order valence-electron chi connectivity index (χ4n) is 1.99. The standard InChI is InChI=1S/C14H20ClNO4S/c1-9(2)13(14(17)20-3)16-8-10-11(15)6-5-7-12(10)21(4,18)19/h5-7,9,13,16H,8H2,1-4H3/t13-/m0/s1. The molecule has 0 unspecified atom stereocenters. The average Bonchev–Trinajstić information content (AvgIpc) is 2.38. The maximum absolute atomic E-state index is 11.8. The largest absolute Gasteiger partial charge is 0.468 e. The fourth-order valence-corrected chi connectivity index (χ4v) is 3.24. The second kappa shape index (κ2) is 7.24. The molecule has 0 saturated carbocycles. The number of carbonyl (C=O) groups excluding carboxylic acids is 1. The Kier molecular flexibility index (Phi) is 6.19. The van der Waals surface area contributed by atoms with E-state index >= 15 is 0 Å². The maximum Gasteiger partial charge on any atom is 0.323 e. The third kappa shape index (κ3) is 4.69. The summed E-state index contributed by atoms with van der Waals surface area (Å²) >= 11 is 6.09. The van der Waals surface area contributed by atoms with E-state index < -0.39 is 21.8 Å². The normalized spacial score (nSPS) is 13.2. The van der Waals surface area contributed by atoms with Gasteiger partial charge < -0.3 is 4.74 Å². The van der Waals surface area contributed by atoms with Crippen LogP contribution in [0.1, 0.15) is 19.4 Å². The zero-order chi connectivity index (χ0) is 16.2. The van der Waals surface area contributed by atoms with Crippen LogP contribution in [0.5, 0.6) is 0 Å². The Morgan fingerprint density at radius 1 is 1.38 bits per heavy atom. The van der Waals surface area contributed by atoms with Gasteiger partial charge in [-0.05, 0) is 18.1 Å². The third-order valence-corrected chi connectivity index (χ3v) is 4.63.